The van der Waals surface area contributed by atoms with Gasteiger partial charge in [-0.15, -0.1) is 11.3 Å². The Balaban J connectivity index is 1.55. The number of pyridine rings is 1. The Morgan fingerprint density at radius 1 is 1.14 bits per heavy atom. The molecule has 2 aromatic heterocycles. The van der Waals surface area contributed by atoms with Crippen molar-refractivity contribution in [1.82, 2.24) is 10.3 Å². The molecule has 1 atom stereocenters. The van der Waals surface area contributed by atoms with E-state index in [0.717, 1.165) is 25.2 Å². The van der Waals surface area contributed by atoms with E-state index in [9.17, 15) is 5.11 Å². The highest BCUT2D eigenvalue weighted by atomic mass is 32.1. The lowest BCUT2D eigenvalue weighted by Crippen LogP contribution is -2.26. The lowest BCUT2D eigenvalue weighted by Gasteiger charge is -2.14. The van der Waals surface area contributed by atoms with Gasteiger partial charge in [0.25, 0.3) is 0 Å². The van der Waals surface area contributed by atoms with Gasteiger partial charge in [-0.1, -0.05) is 24.3 Å². The van der Waals surface area contributed by atoms with E-state index in [1.54, 1.807) is 17.5 Å². The molecule has 3 nitrogen and oxygen atoms in total. The molecule has 22 heavy (non-hydrogen) atoms. The quantitative estimate of drug-likeness (QED) is 0.704. The lowest BCUT2D eigenvalue weighted by atomic mass is 10.0. The highest BCUT2D eigenvalue weighted by molar-refractivity contribution is 7.17. The average molecular weight is 312 g/mol. The molecule has 0 spiro atoms. The van der Waals surface area contributed by atoms with E-state index in [0.29, 0.717) is 0 Å². The van der Waals surface area contributed by atoms with Gasteiger partial charge < -0.3 is 10.4 Å². The number of hydrogen-bond donors (Lipinski definition) is 2. The van der Waals surface area contributed by atoms with Gasteiger partial charge in [-0.25, -0.2) is 0 Å². The number of hydrogen-bond acceptors (Lipinski definition) is 4. The summed E-state index contributed by atoms with van der Waals surface area (Å²) in [6.07, 6.45) is 2.60. The predicted octanol–water partition coefficient (Wildman–Crippen LogP) is 3.24. The summed E-state index contributed by atoms with van der Waals surface area (Å²) in [6.45, 7) is 1.80. The summed E-state index contributed by atoms with van der Waals surface area (Å²) in [4.78, 5) is 4.33. The number of benzene rings is 1. The monoisotopic (exact) mass is 312 g/mol. The van der Waals surface area contributed by atoms with Crippen molar-refractivity contribution in [2.75, 3.05) is 13.2 Å². The van der Waals surface area contributed by atoms with Crippen LogP contribution in [0.15, 0.2) is 54.0 Å². The zero-order valence-corrected chi connectivity index (χ0v) is 13.2. The Labute approximate surface area is 134 Å². The predicted molar refractivity (Wildman–Crippen MR) is 92.0 cm³/mol. The van der Waals surface area contributed by atoms with E-state index >= 15 is 0 Å². The normalized spacial score (nSPS) is 12.6. The number of aliphatic hydroxyl groups excluding tert-OH is 1. The molecule has 0 aliphatic rings. The van der Waals surface area contributed by atoms with Gasteiger partial charge in [0, 0.05) is 36.3 Å². The van der Waals surface area contributed by atoms with Gasteiger partial charge in [0.1, 0.15) is 0 Å². The first-order chi connectivity index (χ1) is 10.9. The summed E-state index contributed by atoms with van der Waals surface area (Å²) >= 11 is 1.78. The second kappa shape index (κ2) is 7.49. The average Bonchev–Trinajstić information content (AvgIpc) is 2.98. The van der Waals surface area contributed by atoms with E-state index in [-0.39, 0.29) is 12.5 Å². The summed E-state index contributed by atoms with van der Waals surface area (Å²) in [5.41, 5.74) is 2.36. The number of fused-ring (bicyclic) bond motifs is 1. The molecule has 3 aromatic rings. The van der Waals surface area contributed by atoms with Crippen LogP contribution in [0.2, 0.25) is 0 Å². The van der Waals surface area contributed by atoms with Gasteiger partial charge in [0.05, 0.1) is 0 Å². The SMILES string of the molecule is OCC(CNCc1csc2ccccc12)Cc1ccccn1. The highest BCUT2D eigenvalue weighted by Crippen LogP contribution is 2.25. The van der Waals surface area contributed by atoms with Crippen molar-refractivity contribution < 1.29 is 5.11 Å². The Kier molecular flexibility index (Phi) is 5.16. The van der Waals surface area contributed by atoms with Crippen LogP contribution in [-0.2, 0) is 13.0 Å². The van der Waals surface area contributed by atoms with E-state index in [1.807, 2.05) is 18.2 Å². The number of thiophene rings is 1. The molecule has 0 aliphatic heterocycles. The molecule has 0 amide bonds. The van der Waals surface area contributed by atoms with E-state index in [4.69, 9.17) is 0 Å². The summed E-state index contributed by atoms with van der Waals surface area (Å²) in [7, 11) is 0. The number of nitrogens with one attached hydrogen (secondary N) is 1. The van der Waals surface area contributed by atoms with E-state index in [1.165, 1.54) is 15.6 Å². The minimum absolute atomic E-state index is 0.175. The molecular formula is C18H20N2OS. The maximum absolute atomic E-state index is 9.55. The van der Waals surface area contributed by atoms with Crippen LogP contribution < -0.4 is 5.32 Å². The number of rotatable bonds is 7. The fourth-order valence-electron chi connectivity index (χ4n) is 2.60. The molecule has 4 heteroatoms. The molecular weight excluding hydrogens is 292 g/mol. The molecule has 2 N–H and O–H groups in total. The largest absolute Gasteiger partial charge is 0.396 e. The van der Waals surface area contributed by atoms with Gasteiger partial charge in [0.2, 0.25) is 0 Å². The summed E-state index contributed by atoms with van der Waals surface area (Å²) < 4.78 is 1.33. The minimum Gasteiger partial charge on any atom is -0.396 e. The first-order valence-electron chi connectivity index (χ1n) is 7.53. The second-order valence-corrected chi connectivity index (χ2v) is 6.37. The van der Waals surface area contributed by atoms with Crippen molar-refractivity contribution in [2.24, 2.45) is 5.92 Å². The minimum atomic E-state index is 0.175. The van der Waals surface area contributed by atoms with Crippen molar-refractivity contribution in [3.63, 3.8) is 0 Å². The number of aliphatic hydroxyl groups is 1. The first kappa shape index (κ1) is 15.2. The third-order valence-corrected chi connectivity index (χ3v) is 4.80. The highest BCUT2D eigenvalue weighted by Gasteiger charge is 2.10. The second-order valence-electron chi connectivity index (χ2n) is 5.46. The molecule has 114 valence electrons. The molecule has 0 fully saturated rings. The van der Waals surface area contributed by atoms with Crippen LogP contribution in [-0.4, -0.2) is 23.2 Å². The molecule has 0 saturated carbocycles. The number of aromatic nitrogens is 1. The first-order valence-corrected chi connectivity index (χ1v) is 8.41. The van der Waals surface area contributed by atoms with Crippen LogP contribution in [0.5, 0.6) is 0 Å². The lowest BCUT2D eigenvalue weighted by molar-refractivity contribution is 0.221. The summed E-state index contributed by atoms with van der Waals surface area (Å²) in [6, 6.07) is 14.4. The Bertz CT molecular complexity index is 711. The Hall–Kier alpha value is -1.75. The number of nitrogens with zero attached hydrogens (tertiary/aromatic N) is 1. The van der Waals surface area contributed by atoms with Gasteiger partial charge in [-0.3, -0.25) is 4.98 Å². The van der Waals surface area contributed by atoms with Gasteiger partial charge in [-0.05, 0) is 46.9 Å². The van der Waals surface area contributed by atoms with Gasteiger partial charge in [0.15, 0.2) is 0 Å². The fraction of sp³-hybridized carbons (Fsp3) is 0.278. The van der Waals surface area contributed by atoms with Crippen molar-refractivity contribution in [3.05, 3.63) is 65.3 Å². The standard InChI is InChI=1S/C18H20N2OS/c21-12-14(9-16-5-3-4-8-20-16)10-19-11-15-13-22-18-7-2-1-6-17(15)18/h1-8,13-14,19,21H,9-12H2. The molecule has 0 aliphatic carbocycles. The zero-order valence-electron chi connectivity index (χ0n) is 12.4. The van der Waals surface area contributed by atoms with Crippen LogP contribution >= 0.6 is 11.3 Å². The van der Waals surface area contributed by atoms with Crippen LogP contribution in [0, 0.1) is 5.92 Å². The summed E-state index contributed by atoms with van der Waals surface area (Å²) in [5.74, 6) is 0.194. The van der Waals surface area contributed by atoms with Crippen molar-refractivity contribution in [3.8, 4) is 0 Å². The van der Waals surface area contributed by atoms with Crippen LogP contribution in [0.1, 0.15) is 11.3 Å². The molecule has 1 aromatic carbocycles. The van der Waals surface area contributed by atoms with Crippen molar-refractivity contribution in [1.29, 1.82) is 0 Å². The van der Waals surface area contributed by atoms with Crippen LogP contribution in [0.4, 0.5) is 0 Å². The molecule has 3 rings (SSSR count). The van der Waals surface area contributed by atoms with E-state index in [2.05, 4.69) is 39.9 Å². The van der Waals surface area contributed by atoms with Crippen LogP contribution in [0.25, 0.3) is 10.1 Å². The van der Waals surface area contributed by atoms with Crippen molar-refractivity contribution in [2.45, 2.75) is 13.0 Å². The van der Waals surface area contributed by atoms with Gasteiger partial charge >= 0.3 is 0 Å². The molecule has 0 bridgehead atoms. The van der Waals surface area contributed by atoms with E-state index < -0.39 is 0 Å². The van der Waals surface area contributed by atoms with Crippen LogP contribution in [0.3, 0.4) is 0 Å². The topological polar surface area (TPSA) is 45.1 Å². The Morgan fingerprint density at radius 2 is 2.00 bits per heavy atom. The molecule has 1 unspecified atom stereocenters. The molecule has 0 saturated heterocycles. The third-order valence-electron chi connectivity index (χ3n) is 3.79. The maximum Gasteiger partial charge on any atom is 0.0475 e. The molecule has 2 heterocycles. The fourth-order valence-corrected chi connectivity index (χ4v) is 3.56. The van der Waals surface area contributed by atoms with Gasteiger partial charge in [-0.2, -0.15) is 0 Å². The summed E-state index contributed by atoms with van der Waals surface area (Å²) in [5, 5.41) is 16.6. The third kappa shape index (κ3) is 3.71. The smallest absolute Gasteiger partial charge is 0.0475 e. The van der Waals surface area contributed by atoms with Crippen molar-refractivity contribution >= 4 is 21.4 Å². The Morgan fingerprint density at radius 3 is 2.82 bits per heavy atom. The maximum atomic E-state index is 9.55. The molecule has 0 radical (unpaired) electrons. The zero-order chi connectivity index (χ0) is 15.2.